The lowest BCUT2D eigenvalue weighted by atomic mass is 10.1. The standard InChI is InChI=1S/C17H17ClN4O2S/c1-3-22-16(23)14(20-17(22)25)7-11-4-5-15(24-2)12(6-11)9-21-10-13(18)8-19-21/h4-8,10H,3,9H2,1-2H3,(H,20,25)/b14-7+. The normalized spacial score (nSPS) is 15.8. The van der Waals surface area contributed by atoms with Gasteiger partial charge < -0.3 is 10.1 Å². The number of nitrogens with one attached hydrogen (secondary N) is 1. The molecule has 2 aromatic rings. The van der Waals surface area contributed by atoms with Gasteiger partial charge in [0.25, 0.3) is 5.91 Å². The van der Waals surface area contributed by atoms with Gasteiger partial charge in [0, 0.05) is 18.3 Å². The van der Waals surface area contributed by atoms with E-state index in [2.05, 4.69) is 10.4 Å². The average Bonchev–Trinajstić information content (AvgIpc) is 3.11. The molecule has 1 aromatic carbocycles. The Hall–Kier alpha value is -2.38. The fraction of sp³-hybridized carbons (Fsp3) is 0.235. The summed E-state index contributed by atoms with van der Waals surface area (Å²) in [7, 11) is 1.62. The molecule has 1 aromatic heterocycles. The molecule has 1 amide bonds. The number of carbonyl (C=O) groups excluding carboxylic acids is 1. The van der Waals surface area contributed by atoms with Crippen molar-refractivity contribution in [1.82, 2.24) is 20.0 Å². The lowest BCUT2D eigenvalue weighted by molar-refractivity contribution is -0.122. The van der Waals surface area contributed by atoms with Crippen LogP contribution in [0.1, 0.15) is 18.1 Å². The molecule has 1 aliphatic rings. The van der Waals surface area contributed by atoms with Crippen molar-refractivity contribution >= 4 is 40.9 Å². The smallest absolute Gasteiger partial charge is 0.276 e. The van der Waals surface area contributed by atoms with Gasteiger partial charge in [-0.15, -0.1) is 0 Å². The highest BCUT2D eigenvalue weighted by atomic mass is 35.5. The largest absolute Gasteiger partial charge is 0.496 e. The van der Waals surface area contributed by atoms with Crippen LogP contribution in [0.4, 0.5) is 0 Å². The summed E-state index contributed by atoms with van der Waals surface area (Å²) < 4.78 is 7.14. The van der Waals surface area contributed by atoms with Crippen molar-refractivity contribution in [2.45, 2.75) is 13.5 Å². The number of halogens is 1. The first kappa shape index (κ1) is 17.4. The Morgan fingerprint density at radius 1 is 1.44 bits per heavy atom. The van der Waals surface area contributed by atoms with E-state index in [0.717, 1.165) is 16.9 Å². The molecule has 8 heteroatoms. The number of likely N-dealkylation sites (N-methyl/N-ethyl adjacent to an activating group) is 1. The molecule has 130 valence electrons. The number of amides is 1. The maximum atomic E-state index is 12.3. The lowest BCUT2D eigenvalue weighted by Gasteiger charge is -2.10. The third-order valence-electron chi connectivity index (χ3n) is 3.83. The first-order valence-corrected chi connectivity index (χ1v) is 8.50. The number of nitrogens with zero attached hydrogens (tertiary/aromatic N) is 3. The van der Waals surface area contributed by atoms with Crippen LogP contribution in [0.15, 0.2) is 36.3 Å². The van der Waals surface area contributed by atoms with Crippen LogP contribution in [0.2, 0.25) is 5.02 Å². The Labute approximate surface area is 156 Å². The fourth-order valence-electron chi connectivity index (χ4n) is 2.64. The first-order chi connectivity index (χ1) is 12.0. The van der Waals surface area contributed by atoms with Gasteiger partial charge in [-0.2, -0.15) is 5.10 Å². The fourth-order valence-corrected chi connectivity index (χ4v) is 3.11. The van der Waals surface area contributed by atoms with Crippen LogP contribution >= 0.6 is 23.8 Å². The third-order valence-corrected chi connectivity index (χ3v) is 4.35. The summed E-state index contributed by atoms with van der Waals surface area (Å²) in [5.41, 5.74) is 2.26. The number of carbonyl (C=O) groups is 1. The lowest BCUT2D eigenvalue weighted by Crippen LogP contribution is -2.30. The van der Waals surface area contributed by atoms with Crippen LogP contribution < -0.4 is 10.1 Å². The molecule has 0 saturated carbocycles. The van der Waals surface area contributed by atoms with E-state index in [1.807, 2.05) is 25.1 Å². The zero-order valence-electron chi connectivity index (χ0n) is 13.8. The van der Waals surface area contributed by atoms with E-state index in [1.54, 1.807) is 30.3 Å². The van der Waals surface area contributed by atoms with E-state index in [4.69, 9.17) is 28.6 Å². The number of hydrogen-bond donors (Lipinski definition) is 1. The minimum Gasteiger partial charge on any atom is -0.496 e. The van der Waals surface area contributed by atoms with E-state index < -0.39 is 0 Å². The van der Waals surface area contributed by atoms with Gasteiger partial charge in [-0.05, 0) is 42.9 Å². The highest BCUT2D eigenvalue weighted by Gasteiger charge is 2.28. The van der Waals surface area contributed by atoms with Crippen LogP contribution in [-0.4, -0.2) is 39.4 Å². The highest BCUT2D eigenvalue weighted by Crippen LogP contribution is 2.23. The molecule has 0 bridgehead atoms. The van der Waals surface area contributed by atoms with E-state index in [1.165, 1.54) is 4.90 Å². The van der Waals surface area contributed by atoms with Gasteiger partial charge in [0.15, 0.2) is 5.11 Å². The molecular weight excluding hydrogens is 360 g/mol. The zero-order valence-corrected chi connectivity index (χ0v) is 15.4. The van der Waals surface area contributed by atoms with Gasteiger partial charge in [0.1, 0.15) is 11.4 Å². The van der Waals surface area contributed by atoms with Crippen molar-refractivity contribution < 1.29 is 9.53 Å². The Balaban J connectivity index is 1.90. The van der Waals surface area contributed by atoms with Crippen LogP contribution in [0, 0.1) is 0 Å². The molecule has 0 aliphatic carbocycles. The second kappa shape index (κ2) is 7.25. The van der Waals surface area contributed by atoms with E-state index >= 15 is 0 Å². The SMILES string of the molecule is CCN1C(=O)/C(=C\c2ccc(OC)c(Cn3cc(Cl)cn3)c2)NC1=S. The van der Waals surface area contributed by atoms with Gasteiger partial charge in [0.2, 0.25) is 0 Å². The number of thiocarbonyl (C=S) groups is 1. The molecule has 6 nitrogen and oxygen atoms in total. The van der Waals surface area contributed by atoms with Gasteiger partial charge in [-0.1, -0.05) is 17.7 Å². The summed E-state index contributed by atoms with van der Waals surface area (Å²) in [6, 6.07) is 5.70. The van der Waals surface area contributed by atoms with E-state index in [-0.39, 0.29) is 5.91 Å². The molecule has 1 N–H and O–H groups in total. The van der Waals surface area contributed by atoms with Crippen LogP contribution in [0.5, 0.6) is 5.75 Å². The maximum Gasteiger partial charge on any atom is 0.276 e. The predicted molar refractivity (Wildman–Crippen MR) is 100 cm³/mol. The summed E-state index contributed by atoms with van der Waals surface area (Å²) >= 11 is 11.1. The summed E-state index contributed by atoms with van der Waals surface area (Å²) in [5, 5.41) is 8.15. The minimum absolute atomic E-state index is 0.122. The number of ether oxygens (including phenoxy) is 1. The molecule has 0 unspecified atom stereocenters. The van der Waals surface area contributed by atoms with Crippen LogP contribution in [0.3, 0.4) is 0 Å². The topological polar surface area (TPSA) is 59.4 Å². The van der Waals surface area contributed by atoms with Crippen LogP contribution in [-0.2, 0) is 11.3 Å². The summed E-state index contributed by atoms with van der Waals surface area (Å²) in [6.07, 6.45) is 5.11. The van der Waals surface area contributed by atoms with E-state index in [0.29, 0.717) is 28.9 Å². The van der Waals surface area contributed by atoms with Crippen molar-refractivity contribution in [2.75, 3.05) is 13.7 Å². The molecule has 3 rings (SSSR count). The van der Waals surface area contributed by atoms with Gasteiger partial charge >= 0.3 is 0 Å². The molecule has 0 radical (unpaired) electrons. The highest BCUT2D eigenvalue weighted by molar-refractivity contribution is 7.80. The summed E-state index contributed by atoms with van der Waals surface area (Å²) in [4.78, 5) is 13.8. The van der Waals surface area contributed by atoms with E-state index in [9.17, 15) is 4.79 Å². The second-order valence-electron chi connectivity index (χ2n) is 5.46. The zero-order chi connectivity index (χ0) is 18.0. The Bertz CT molecular complexity index is 862. The Kier molecular flexibility index (Phi) is 5.06. The second-order valence-corrected chi connectivity index (χ2v) is 6.29. The predicted octanol–water partition coefficient (Wildman–Crippen LogP) is 2.67. The number of methoxy groups -OCH3 is 1. The van der Waals surface area contributed by atoms with Crippen molar-refractivity contribution in [1.29, 1.82) is 0 Å². The number of hydrogen-bond acceptors (Lipinski definition) is 4. The number of aromatic nitrogens is 2. The van der Waals surface area contributed by atoms with Crippen molar-refractivity contribution in [3.63, 3.8) is 0 Å². The molecule has 0 atom stereocenters. The molecule has 25 heavy (non-hydrogen) atoms. The minimum atomic E-state index is -0.122. The molecular formula is C17H17ClN4O2S. The number of benzene rings is 1. The van der Waals surface area contributed by atoms with Gasteiger partial charge in [-0.25, -0.2) is 0 Å². The van der Waals surface area contributed by atoms with Crippen molar-refractivity contribution in [2.24, 2.45) is 0 Å². The Morgan fingerprint density at radius 2 is 2.24 bits per heavy atom. The molecule has 2 heterocycles. The average molecular weight is 377 g/mol. The van der Waals surface area contributed by atoms with Crippen molar-refractivity contribution in [3.05, 3.63) is 52.4 Å². The quantitative estimate of drug-likeness (QED) is 0.642. The summed E-state index contributed by atoms with van der Waals surface area (Å²) in [5.74, 6) is 0.619. The maximum absolute atomic E-state index is 12.3. The third kappa shape index (κ3) is 3.67. The van der Waals surface area contributed by atoms with Gasteiger partial charge in [-0.3, -0.25) is 14.4 Å². The van der Waals surface area contributed by atoms with Gasteiger partial charge in [0.05, 0.1) is 24.9 Å². The molecule has 1 aliphatic heterocycles. The molecule has 1 fully saturated rings. The van der Waals surface area contributed by atoms with Crippen molar-refractivity contribution in [3.8, 4) is 5.75 Å². The monoisotopic (exact) mass is 376 g/mol. The van der Waals surface area contributed by atoms with Crippen LogP contribution in [0.25, 0.3) is 6.08 Å². The summed E-state index contributed by atoms with van der Waals surface area (Å²) in [6.45, 7) is 2.93. The first-order valence-electron chi connectivity index (χ1n) is 7.71. The molecule has 0 spiro atoms. The number of rotatable bonds is 5. The Morgan fingerprint density at radius 3 is 2.84 bits per heavy atom. The molecule has 1 saturated heterocycles.